The molecule has 0 aromatic heterocycles. The highest BCUT2D eigenvalue weighted by molar-refractivity contribution is 8.02. The monoisotopic (exact) mass is 287 g/mol. The van der Waals surface area contributed by atoms with Crippen LogP contribution in [-0.4, -0.2) is 5.75 Å². The Labute approximate surface area is 122 Å². The molecule has 3 heteroatoms. The Balaban J connectivity index is 3.06. The molecule has 1 nitrogen and oxygen atoms in total. The third-order valence-electron chi connectivity index (χ3n) is 2.91. The summed E-state index contributed by atoms with van der Waals surface area (Å²) >= 11 is 7.22. The van der Waals surface area contributed by atoms with Gasteiger partial charge >= 0.3 is 0 Å². The number of nitrogens with zero attached hydrogens (tertiary/aromatic N) is 1. The lowest BCUT2D eigenvalue weighted by Crippen LogP contribution is -1.83. The predicted molar refractivity (Wildman–Crippen MR) is 83.9 cm³/mol. The van der Waals surface area contributed by atoms with Crippen molar-refractivity contribution in [2.24, 2.45) is 0 Å². The first-order valence-corrected chi connectivity index (χ1v) is 8.61. The third-order valence-corrected chi connectivity index (χ3v) is 4.16. The minimum absolute atomic E-state index is 0.298. The maximum atomic E-state index is 8.45. The van der Waals surface area contributed by atoms with E-state index in [9.17, 15) is 0 Å². The number of hydrogen-bond donors (Lipinski definition) is 0. The molecule has 0 N–H and O–H groups in total. The van der Waals surface area contributed by atoms with Gasteiger partial charge in [0.15, 0.2) is 0 Å². The van der Waals surface area contributed by atoms with Gasteiger partial charge in [0.1, 0.15) is 11.1 Å². The second-order valence-corrected chi connectivity index (χ2v) is 6.01. The van der Waals surface area contributed by atoms with Crippen LogP contribution in [0.25, 0.3) is 0 Å². The second-order valence-electron chi connectivity index (χ2n) is 4.63. The molecule has 0 aliphatic heterocycles. The Kier molecular flexibility index (Phi) is 14.8. The molecular formula is C15H26ClNS. The molecule has 0 amide bonds. The van der Waals surface area contributed by atoms with Crippen LogP contribution < -0.4 is 0 Å². The van der Waals surface area contributed by atoms with Gasteiger partial charge in [-0.2, -0.15) is 5.26 Å². The quantitative estimate of drug-likeness (QED) is 0.313. The fourth-order valence-electron chi connectivity index (χ4n) is 1.83. The fraction of sp³-hybridized carbons (Fsp3) is 0.800. The van der Waals surface area contributed by atoms with Gasteiger partial charge in [-0.15, -0.1) is 11.8 Å². The highest BCUT2D eigenvalue weighted by Gasteiger charge is 1.93. The van der Waals surface area contributed by atoms with E-state index in [1.54, 1.807) is 17.2 Å². The minimum atomic E-state index is 0.298. The van der Waals surface area contributed by atoms with E-state index in [0.29, 0.717) is 5.03 Å². The van der Waals surface area contributed by atoms with Gasteiger partial charge < -0.3 is 0 Å². The van der Waals surface area contributed by atoms with Crippen molar-refractivity contribution in [2.75, 3.05) is 5.75 Å². The van der Waals surface area contributed by atoms with Crippen LogP contribution in [-0.2, 0) is 0 Å². The van der Waals surface area contributed by atoms with E-state index in [0.717, 1.165) is 5.75 Å². The number of allylic oxidation sites excluding steroid dienone is 1. The summed E-state index contributed by atoms with van der Waals surface area (Å²) < 4.78 is 0. The molecule has 0 rings (SSSR count). The molecule has 0 radical (unpaired) electrons. The van der Waals surface area contributed by atoms with E-state index in [1.807, 2.05) is 6.07 Å². The van der Waals surface area contributed by atoms with Gasteiger partial charge in [0.2, 0.25) is 0 Å². The van der Waals surface area contributed by atoms with E-state index < -0.39 is 0 Å². The average Bonchev–Trinajstić information content (AvgIpc) is 2.39. The molecule has 0 aliphatic carbocycles. The van der Waals surface area contributed by atoms with E-state index in [2.05, 4.69) is 6.92 Å². The maximum Gasteiger partial charge on any atom is 0.124 e. The van der Waals surface area contributed by atoms with Crippen molar-refractivity contribution in [3.8, 4) is 6.07 Å². The zero-order valence-electron chi connectivity index (χ0n) is 11.6. The van der Waals surface area contributed by atoms with Crippen LogP contribution in [0, 0.1) is 11.3 Å². The highest BCUT2D eigenvalue weighted by atomic mass is 35.5. The lowest BCUT2D eigenvalue weighted by Gasteiger charge is -2.01. The summed E-state index contributed by atoms with van der Waals surface area (Å²) in [5.41, 5.74) is 0. The smallest absolute Gasteiger partial charge is 0.124 e. The van der Waals surface area contributed by atoms with Crippen LogP contribution in [0.3, 0.4) is 0 Å². The fourth-order valence-corrected chi connectivity index (χ4v) is 2.71. The van der Waals surface area contributed by atoms with Gasteiger partial charge in [-0.1, -0.05) is 76.3 Å². The van der Waals surface area contributed by atoms with Gasteiger partial charge in [-0.25, -0.2) is 0 Å². The zero-order valence-corrected chi connectivity index (χ0v) is 13.2. The topological polar surface area (TPSA) is 23.8 Å². The van der Waals surface area contributed by atoms with Crippen LogP contribution in [0.4, 0.5) is 0 Å². The van der Waals surface area contributed by atoms with Gasteiger partial charge in [0.25, 0.3) is 0 Å². The SMILES string of the molecule is CCCCCCCCCCCCSC=C(Cl)C#N. The molecule has 0 aromatic carbocycles. The van der Waals surface area contributed by atoms with Crippen molar-refractivity contribution in [1.29, 1.82) is 5.26 Å². The third kappa shape index (κ3) is 13.9. The lowest BCUT2D eigenvalue weighted by molar-refractivity contribution is 0.563. The van der Waals surface area contributed by atoms with E-state index in [4.69, 9.17) is 16.9 Å². The van der Waals surface area contributed by atoms with Crippen LogP contribution >= 0.6 is 23.4 Å². The molecule has 0 fully saturated rings. The molecule has 104 valence electrons. The number of thioether (sulfide) groups is 1. The number of unbranched alkanes of at least 4 members (excludes halogenated alkanes) is 9. The Morgan fingerprint density at radius 2 is 1.50 bits per heavy atom. The predicted octanol–water partition coefficient (Wildman–Crippen LogP) is 6.24. The van der Waals surface area contributed by atoms with E-state index >= 15 is 0 Å². The summed E-state index contributed by atoms with van der Waals surface area (Å²) in [5, 5.41) is 10.5. The van der Waals surface area contributed by atoms with Gasteiger partial charge in [-0.3, -0.25) is 0 Å². The van der Waals surface area contributed by atoms with Gasteiger partial charge in [-0.05, 0) is 12.2 Å². The van der Waals surface area contributed by atoms with Crippen LogP contribution in [0.5, 0.6) is 0 Å². The molecular weight excluding hydrogens is 262 g/mol. The molecule has 0 bridgehead atoms. The molecule has 0 aliphatic rings. The number of nitriles is 1. The molecule has 0 saturated heterocycles. The summed E-state index contributed by atoms with van der Waals surface area (Å²) in [5.74, 6) is 1.08. The van der Waals surface area contributed by atoms with Crippen molar-refractivity contribution >= 4 is 23.4 Å². The van der Waals surface area contributed by atoms with E-state index in [1.165, 1.54) is 64.2 Å². The molecule has 18 heavy (non-hydrogen) atoms. The first kappa shape index (κ1) is 17.9. The summed E-state index contributed by atoms with van der Waals surface area (Å²) in [6.45, 7) is 2.26. The highest BCUT2D eigenvalue weighted by Crippen LogP contribution is 2.14. The van der Waals surface area contributed by atoms with Crippen molar-refractivity contribution in [1.82, 2.24) is 0 Å². The van der Waals surface area contributed by atoms with Crippen LogP contribution in [0.1, 0.15) is 71.1 Å². The lowest BCUT2D eigenvalue weighted by atomic mass is 10.1. The Morgan fingerprint density at radius 3 is 2.00 bits per heavy atom. The Hall–Kier alpha value is -0.130. The summed E-state index contributed by atoms with van der Waals surface area (Å²) in [7, 11) is 0. The maximum absolute atomic E-state index is 8.45. The first-order valence-electron chi connectivity index (χ1n) is 7.18. The van der Waals surface area contributed by atoms with E-state index in [-0.39, 0.29) is 0 Å². The first-order chi connectivity index (χ1) is 8.81. The molecule has 0 heterocycles. The minimum Gasteiger partial charge on any atom is -0.191 e. The Bertz CT molecular complexity index is 245. The van der Waals surface area contributed by atoms with Gasteiger partial charge in [0.05, 0.1) is 0 Å². The number of rotatable bonds is 12. The molecule has 0 spiro atoms. The van der Waals surface area contributed by atoms with Crippen LogP contribution in [0.2, 0.25) is 0 Å². The number of halogens is 1. The van der Waals surface area contributed by atoms with Crippen molar-refractivity contribution in [2.45, 2.75) is 71.1 Å². The molecule has 0 unspecified atom stereocenters. The van der Waals surface area contributed by atoms with Gasteiger partial charge in [0, 0.05) is 5.41 Å². The second kappa shape index (κ2) is 14.9. The Morgan fingerprint density at radius 1 is 1.00 bits per heavy atom. The normalized spacial score (nSPS) is 11.5. The van der Waals surface area contributed by atoms with Crippen LogP contribution in [0.15, 0.2) is 10.4 Å². The molecule has 0 saturated carbocycles. The molecule has 0 atom stereocenters. The average molecular weight is 288 g/mol. The summed E-state index contributed by atoms with van der Waals surface area (Å²) in [6.07, 6.45) is 13.6. The van der Waals surface area contributed by atoms with Crippen molar-refractivity contribution < 1.29 is 0 Å². The number of hydrogen-bond acceptors (Lipinski definition) is 2. The largest absolute Gasteiger partial charge is 0.191 e. The zero-order chi connectivity index (χ0) is 13.5. The standard InChI is InChI=1S/C15H26ClNS/c1-2-3-4-5-6-7-8-9-10-11-12-18-14-15(16)13-17/h14H,2-12H2,1H3. The summed E-state index contributed by atoms with van der Waals surface area (Å²) in [4.78, 5) is 0. The summed E-state index contributed by atoms with van der Waals surface area (Å²) in [6, 6.07) is 1.91. The van der Waals surface area contributed by atoms with Crippen molar-refractivity contribution in [3.05, 3.63) is 10.4 Å². The van der Waals surface area contributed by atoms with Crippen molar-refractivity contribution in [3.63, 3.8) is 0 Å². The molecule has 0 aromatic rings.